The average Bonchev–Trinajstić information content (AvgIpc) is 3.54. The van der Waals surface area contributed by atoms with Crippen LogP contribution in [0.3, 0.4) is 0 Å². The van der Waals surface area contributed by atoms with Gasteiger partial charge >= 0.3 is 0 Å². The van der Waals surface area contributed by atoms with Gasteiger partial charge in [-0.3, -0.25) is 34.2 Å². The monoisotopic (exact) mass is 824 g/mol. The molecular formula is C47H52N8O6. The van der Waals surface area contributed by atoms with Crippen LogP contribution in [0.15, 0.2) is 71.5 Å². The van der Waals surface area contributed by atoms with Crippen molar-refractivity contribution in [3.05, 3.63) is 99.3 Å². The molecule has 0 radical (unpaired) electrons. The van der Waals surface area contributed by atoms with Gasteiger partial charge in [0.1, 0.15) is 24.0 Å². The number of carbonyl (C=O) groups excluding carboxylic acids is 4. The topological polar surface area (TPSA) is 171 Å². The van der Waals surface area contributed by atoms with Gasteiger partial charge in [0.15, 0.2) is 0 Å². The molecule has 316 valence electrons. The highest BCUT2D eigenvalue weighted by atomic mass is 16.5. The number of aromatic nitrogens is 1. The van der Waals surface area contributed by atoms with Crippen LogP contribution in [-0.2, 0) is 16.1 Å². The molecule has 5 heterocycles. The lowest BCUT2D eigenvalue weighted by atomic mass is 9.49. The number of carbonyl (C=O) groups is 4. The lowest BCUT2D eigenvalue weighted by Gasteiger charge is -2.63. The lowest BCUT2D eigenvalue weighted by molar-refractivity contribution is -0.163. The Hall–Kier alpha value is -6.20. The molecule has 1 saturated carbocycles. The molecule has 0 bridgehead atoms. The van der Waals surface area contributed by atoms with Gasteiger partial charge in [0.05, 0.1) is 11.1 Å². The number of nitrogens with zero attached hydrogens (tertiary/aromatic N) is 5. The van der Waals surface area contributed by atoms with Crippen LogP contribution in [0.2, 0.25) is 0 Å². The highest BCUT2D eigenvalue weighted by Gasteiger charge is 2.64. The number of H-pyrrole nitrogens is 1. The number of imide groups is 1. The van der Waals surface area contributed by atoms with Crippen LogP contribution in [0.1, 0.15) is 79.3 Å². The first-order valence-corrected chi connectivity index (χ1v) is 21.3. The fourth-order valence-electron chi connectivity index (χ4n) is 11.0. The van der Waals surface area contributed by atoms with Crippen LogP contribution in [0.25, 0.3) is 10.9 Å². The maximum absolute atomic E-state index is 13.7. The van der Waals surface area contributed by atoms with E-state index in [-0.39, 0.29) is 41.8 Å². The second kappa shape index (κ2) is 15.1. The minimum Gasteiger partial charge on any atom is -0.488 e. The average molecular weight is 825 g/mol. The number of benzene rings is 3. The molecule has 4 amide bonds. The summed E-state index contributed by atoms with van der Waals surface area (Å²) in [6.45, 7) is 16.7. The molecule has 4 fully saturated rings. The normalized spacial score (nSPS) is 24.7. The Morgan fingerprint density at radius 2 is 1.64 bits per heavy atom. The molecule has 3 aromatic carbocycles. The number of piperidine rings is 1. The number of ether oxygens (including phenoxy) is 1. The first kappa shape index (κ1) is 40.2. The Bertz CT molecular complexity index is 2540. The van der Waals surface area contributed by atoms with E-state index in [0.717, 1.165) is 56.2 Å². The van der Waals surface area contributed by atoms with Gasteiger partial charge in [-0.2, -0.15) is 5.26 Å². The van der Waals surface area contributed by atoms with Crippen molar-refractivity contribution >= 4 is 45.9 Å². The summed E-state index contributed by atoms with van der Waals surface area (Å²) in [5.74, 6) is 0.163. The van der Waals surface area contributed by atoms with Crippen molar-refractivity contribution in [2.75, 3.05) is 49.1 Å². The Kier molecular flexibility index (Phi) is 9.93. The summed E-state index contributed by atoms with van der Waals surface area (Å²) in [4.78, 5) is 74.6. The second-order valence-electron chi connectivity index (χ2n) is 18.7. The fourth-order valence-corrected chi connectivity index (χ4v) is 11.0. The van der Waals surface area contributed by atoms with Crippen LogP contribution >= 0.6 is 0 Å². The summed E-state index contributed by atoms with van der Waals surface area (Å²) in [6, 6.07) is 22.1. The standard InChI is InChI=1S/C47H52N8O6/c1-27-22-52(23-28-24-53(25-28)33-11-12-34-31(20-33)26-55(43(34)60)36-14-17-39(57)50-42(36)59)18-19-54(27)32-9-6-29(7-10-32)41(58)51-44-46(2,3)45(47(44,4)5)61-37-15-8-30(21-48)40-35(37)13-16-38(56)49-40/h6-13,15-16,20,27-28,36,44-45H,14,17-19,22-26H2,1-5H3,(H,49,56)(H,51,58)(H,50,57,59)/t27-,36?,44?,45?/m1/s1. The predicted octanol–water partition coefficient (Wildman–Crippen LogP) is 4.42. The molecule has 4 aliphatic heterocycles. The number of amides is 4. The van der Waals surface area contributed by atoms with Gasteiger partial charge in [0, 0.05) is 115 Å². The maximum Gasteiger partial charge on any atom is 0.255 e. The van der Waals surface area contributed by atoms with Crippen molar-refractivity contribution in [2.45, 2.75) is 78.2 Å². The summed E-state index contributed by atoms with van der Waals surface area (Å²) in [5, 5.41) is 15.9. The molecule has 1 unspecified atom stereocenters. The van der Waals surface area contributed by atoms with Gasteiger partial charge in [0.25, 0.3) is 11.8 Å². The van der Waals surface area contributed by atoms with Crippen LogP contribution in [0.4, 0.5) is 11.4 Å². The van der Waals surface area contributed by atoms with Crippen molar-refractivity contribution in [2.24, 2.45) is 16.7 Å². The summed E-state index contributed by atoms with van der Waals surface area (Å²) >= 11 is 0. The molecule has 1 aliphatic carbocycles. The Labute approximate surface area is 354 Å². The minimum atomic E-state index is -0.611. The number of hydrogen-bond acceptors (Lipinski definition) is 10. The predicted molar refractivity (Wildman–Crippen MR) is 230 cm³/mol. The molecule has 61 heavy (non-hydrogen) atoms. The third-order valence-corrected chi connectivity index (χ3v) is 13.9. The van der Waals surface area contributed by atoms with Crippen LogP contribution in [0, 0.1) is 28.1 Å². The van der Waals surface area contributed by atoms with Crippen molar-refractivity contribution in [3.8, 4) is 11.8 Å². The molecule has 5 aliphatic rings. The molecule has 2 atom stereocenters. The molecule has 9 rings (SSSR count). The Balaban J connectivity index is 0.757. The summed E-state index contributed by atoms with van der Waals surface area (Å²) < 4.78 is 6.62. The molecular weight excluding hydrogens is 773 g/mol. The highest BCUT2D eigenvalue weighted by Crippen LogP contribution is 2.56. The highest BCUT2D eigenvalue weighted by molar-refractivity contribution is 6.05. The Morgan fingerprint density at radius 1 is 0.902 bits per heavy atom. The zero-order valence-electron chi connectivity index (χ0n) is 35.3. The fraction of sp³-hybridized carbons (Fsp3) is 0.447. The third kappa shape index (κ3) is 7.08. The SMILES string of the molecule is C[C@@H]1CN(CC2CN(c3ccc4c(c3)CN(C3CCC(=O)NC3=O)C4=O)C2)CCN1c1ccc(C(=O)NC2C(C)(C)C(Oc3ccc(C#N)c4[nH]c(=O)ccc34)C2(C)C)cc1. The molecule has 0 spiro atoms. The summed E-state index contributed by atoms with van der Waals surface area (Å²) in [6.07, 6.45) is 0.347. The van der Waals surface area contributed by atoms with Gasteiger partial charge in [-0.15, -0.1) is 0 Å². The molecule has 1 aromatic heterocycles. The van der Waals surface area contributed by atoms with E-state index in [1.807, 2.05) is 36.4 Å². The van der Waals surface area contributed by atoms with E-state index >= 15 is 0 Å². The van der Waals surface area contributed by atoms with Crippen molar-refractivity contribution < 1.29 is 23.9 Å². The maximum atomic E-state index is 13.7. The van der Waals surface area contributed by atoms with E-state index in [2.05, 4.69) is 77.1 Å². The van der Waals surface area contributed by atoms with Crippen molar-refractivity contribution in [1.82, 2.24) is 25.4 Å². The molecule has 14 nitrogen and oxygen atoms in total. The smallest absolute Gasteiger partial charge is 0.255 e. The van der Waals surface area contributed by atoms with E-state index in [4.69, 9.17) is 4.74 Å². The van der Waals surface area contributed by atoms with Crippen molar-refractivity contribution in [1.29, 1.82) is 5.26 Å². The summed E-state index contributed by atoms with van der Waals surface area (Å²) in [5.41, 5.74) is 4.06. The number of nitrogens with one attached hydrogen (secondary N) is 3. The number of hydrogen-bond donors (Lipinski definition) is 3. The number of rotatable bonds is 9. The first-order valence-electron chi connectivity index (χ1n) is 21.3. The zero-order chi connectivity index (χ0) is 43.0. The molecule has 3 saturated heterocycles. The third-order valence-electron chi connectivity index (χ3n) is 13.9. The van der Waals surface area contributed by atoms with Crippen LogP contribution in [-0.4, -0.2) is 102 Å². The quantitative estimate of drug-likeness (QED) is 0.206. The van der Waals surface area contributed by atoms with Crippen LogP contribution in [0.5, 0.6) is 5.75 Å². The molecule has 4 aromatic rings. The number of pyridine rings is 1. The molecule has 3 N–H and O–H groups in total. The number of piperazine rings is 1. The van der Waals surface area contributed by atoms with Gasteiger partial charge in [-0.05, 0) is 79.6 Å². The Morgan fingerprint density at radius 3 is 2.34 bits per heavy atom. The second-order valence-corrected chi connectivity index (χ2v) is 18.7. The van der Waals surface area contributed by atoms with Gasteiger partial charge < -0.3 is 29.7 Å². The van der Waals surface area contributed by atoms with Crippen molar-refractivity contribution in [3.63, 3.8) is 0 Å². The zero-order valence-corrected chi connectivity index (χ0v) is 35.3. The van der Waals surface area contributed by atoms with Gasteiger partial charge in [-0.25, -0.2) is 0 Å². The van der Waals surface area contributed by atoms with Crippen LogP contribution < -0.4 is 30.7 Å². The number of aromatic amines is 1. The number of fused-ring (bicyclic) bond motifs is 2. The number of anilines is 2. The van der Waals surface area contributed by atoms with Gasteiger partial charge in [0.2, 0.25) is 17.4 Å². The van der Waals surface area contributed by atoms with E-state index < -0.39 is 22.8 Å². The summed E-state index contributed by atoms with van der Waals surface area (Å²) in [7, 11) is 0. The van der Waals surface area contributed by atoms with E-state index in [9.17, 15) is 29.2 Å². The largest absolute Gasteiger partial charge is 0.488 e. The molecule has 14 heteroatoms. The van der Waals surface area contributed by atoms with E-state index in [0.29, 0.717) is 58.3 Å². The number of nitriles is 1. The van der Waals surface area contributed by atoms with E-state index in [1.165, 1.54) is 6.07 Å². The van der Waals surface area contributed by atoms with Gasteiger partial charge in [-0.1, -0.05) is 27.7 Å². The first-order chi connectivity index (χ1) is 29.1. The van der Waals surface area contributed by atoms with E-state index in [1.54, 1.807) is 23.1 Å². The lowest BCUT2D eigenvalue weighted by Crippen LogP contribution is -2.74. The minimum absolute atomic E-state index is 0.132.